The van der Waals surface area contributed by atoms with Gasteiger partial charge in [-0.25, -0.2) is 0 Å². The minimum atomic E-state index is 0. The molecule has 0 aromatic heterocycles. The van der Waals surface area contributed by atoms with Crippen LogP contribution >= 0.6 is 12.4 Å². The topological polar surface area (TPSA) is 35.2 Å². The Labute approximate surface area is 82.3 Å². The first-order chi connectivity index (χ1) is 5.29. The van der Waals surface area contributed by atoms with Gasteiger partial charge in [0.25, 0.3) is 0 Å². The van der Waals surface area contributed by atoms with E-state index in [9.17, 15) is 0 Å². The molecule has 0 bridgehead atoms. The summed E-state index contributed by atoms with van der Waals surface area (Å²) < 4.78 is 5.35. The Bertz CT molecular complexity index is 86.6. The smallest absolute Gasteiger partial charge is 0.0611 e. The van der Waals surface area contributed by atoms with Gasteiger partial charge in [-0.3, -0.25) is 0 Å². The van der Waals surface area contributed by atoms with E-state index in [-0.39, 0.29) is 12.4 Å². The van der Waals surface area contributed by atoms with E-state index in [1.807, 2.05) is 0 Å². The SMILES string of the molecule is CCC(CC)C(CCN)OC.Cl. The Morgan fingerprint density at radius 3 is 2.00 bits per heavy atom. The summed E-state index contributed by atoms with van der Waals surface area (Å²) >= 11 is 0. The Morgan fingerprint density at radius 2 is 1.75 bits per heavy atom. The molecule has 1 atom stereocenters. The average molecular weight is 196 g/mol. The van der Waals surface area contributed by atoms with Gasteiger partial charge in [0.05, 0.1) is 6.10 Å². The van der Waals surface area contributed by atoms with Crippen molar-refractivity contribution in [3.63, 3.8) is 0 Å². The van der Waals surface area contributed by atoms with Crippen LogP contribution in [0.5, 0.6) is 0 Å². The van der Waals surface area contributed by atoms with Crippen molar-refractivity contribution >= 4 is 12.4 Å². The van der Waals surface area contributed by atoms with Gasteiger partial charge in [-0.1, -0.05) is 26.7 Å². The van der Waals surface area contributed by atoms with Crippen LogP contribution in [0, 0.1) is 5.92 Å². The summed E-state index contributed by atoms with van der Waals surface area (Å²) in [6.07, 6.45) is 3.74. The van der Waals surface area contributed by atoms with Crippen molar-refractivity contribution < 1.29 is 4.74 Å². The van der Waals surface area contributed by atoms with E-state index in [0.29, 0.717) is 12.0 Å². The predicted molar refractivity (Wildman–Crippen MR) is 55.8 cm³/mol. The van der Waals surface area contributed by atoms with E-state index in [2.05, 4.69) is 13.8 Å². The zero-order valence-electron chi connectivity index (χ0n) is 8.38. The van der Waals surface area contributed by atoms with E-state index in [0.717, 1.165) is 13.0 Å². The van der Waals surface area contributed by atoms with Crippen molar-refractivity contribution in [1.29, 1.82) is 0 Å². The summed E-state index contributed by atoms with van der Waals surface area (Å²) in [4.78, 5) is 0. The molecular formula is C9H22ClNO. The van der Waals surface area contributed by atoms with Crippen molar-refractivity contribution in [3.05, 3.63) is 0 Å². The summed E-state index contributed by atoms with van der Waals surface area (Å²) in [7, 11) is 1.78. The summed E-state index contributed by atoms with van der Waals surface area (Å²) in [5, 5.41) is 0. The Balaban J connectivity index is 0. The first kappa shape index (κ1) is 14.7. The summed E-state index contributed by atoms with van der Waals surface area (Å²) in [6, 6.07) is 0. The lowest BCUT2D eigenvalue weighted by Gasteiger charge is -2.23. The molecule has 0 heterocycles. The molecule has 1 unspecified atom stereocenters. The van der Waals surface area contributed by atoms with Crippen molar-refractivity contribution in [2.24, 2.45) is 11.7 Å². The molecule has 0 saturated carbocycles. The van der Waals surface area contributed by atoms with Gasteiger partial charge in [-0.15, -0.1) is 12.4 Å². The molecule has 3 heteroatoms. The monoisotopic (exact) mass is 195 g/mol. The summed E-state index contributed by atoms with van der Waals surface area (Å²) in [6.45, 7) is 5.14. The second-order valence-corrected chi connectivity index (χ2v) is 2.93. The fourth-order valence-corrected chi connectivity index (χ4v) is 1.52. The van der Waals surface area contributed by atoms with E-state index < -0.39 is 0 Å². The molecule has 0 spiro atoms. The molecule has 0 aliphatic heterocycles. The van der Waals surface area contributed by atoms with Crippen LogP contribution in [0.15, 0.2) is 0 Å². The number of hydrogen-bond acceptors (Lipinski definition) is 2. The van der Waals surface area contributed by atoms with E-state index >= 15 is 0 Å². The van der Waals surface area contributed by atoms with Crippen LogP contribution in [0.2, 0.25) is 0 Å². The molecule has 0 amide bonds. The van der Waals surface area contributed by atoms with E-state index in [1.165, 1.54) is 12.8 Å². The highest BCUT2D eigenvalue weighted by Gasteiger charge is 2.16. The van der Waals surface area contributed by atoms with Crippen LogP contribution < -0.4 is 5.73 Å². The zero-order chi connectivity index (χ0) is 8.69. The Kier molecular flexibility index (Phi) is 11.4. The van der Waals surface area contributed by atoms with E-state index in [1.54, 1.807) is 7.11 Å². The maximum atomic E-state index is 5.47. The first-order valence-electron chi connectivity index (χ1n) is 4.52. The highest BCUT2D eigenvalue weighted by atomic mass is 35.5. The van der Waals surface area contributed by atoms with Gasteiger partial charge in [-0.2, -0.15) is 0 Å². The molecule has 0 aliphatic carbocycles. The van der Waals surface area contributed by atoms with Crippen molar-refractivity contribution in [2.75, 3.05) is 13.7 Å². The lowest BCUT2D eigenvalue weighted by Crippen LogP contribution is -2.24. The summed E-state index contributed by atoms with van der Waals surface area (Å²) in [5.41, 5.74) is 5.47. The van der Waals surface area contributed by atoms with E-state index in [4.69, 9.17) is 10.5 Å². The Hall–Kier alpha value is 0.210. The normalized spacial score (nSPS) is 12.8. The standard InChI is InChI=1S/C9H21NO.ClH/c1-4-8(5-2)9(11-3)6-7-10;/h8-9H,4-7,10H2,1-3H3;1H. The molecule has 2 nitrogen and oxygen atoms in total. The molecule has 0 saturated heterocycles. The molecule has 0 radical (unpaired) electrons. The number of halogens is 1. The van der Waals surface area contributed by atoms with Crippen LogP contribution in [-0.4, -0.2) is 19.8 Å². The highest BCUT2D eigenvalue weighted by molar-refractivity contribution is 5.85. The second-order valence-electron chi connectivity index (χ2n) is 2.93. The van der Waals surface area contributed by atoms with Gasteiger partial charge in [-0.05, 0) is 18.9 Å². The third kappa shape index (κ3) is 4.96. The highest BCUT2D eigenvalue weighted by Crippen LogP contribution is 2.17. The molecule has 2 N–H and O–H groups in total. The fourth-order valence-electron chi connectivity index (χ4n) is 1.52. The van der Waals surface area contributed by atoms with Gasteiger partial charge in [0.2, 0.25) is 0 Å². The maximum Gasteiger partial charge on any atom is 0.0611 e. The van der Waals surface area contributed by atoms with Gasteiger partial charge in [0, 0.05) is 7.11 Å². The first-order valence-corrected chi connectivity index (χ1v) is 4.52. The van der Waals surface area contributed by atoms with Crippen molar-refractivity contribution in [3.8, 4) is 0 Å². The van der Waals surface area contributed by atoms with Gasteiger partial charge in [0.1, 0.15) is 0 Å². The molecule has 0 aromatic rings. The lowest BCUT2D eigenvalue weighted by molar-refractivity contribution is 0.0440. The van der Waals surface area contributed by atoms with Gasteiger partial charge < -0.3 is 10.5 Å². The van der Waals surface area contributed by atoms with Gasteiger partial charge >= 0.3 is 0 Å². The van der Waals surface area contributed by atoms with Crippen molar-refractivity contribution in [1.82, 2.24) is 0 Å². The maximum absolute atomic E-state index is 5.47. The van der Waals surface area contributed by atoms with Crippen LogP contribution in [0.3, 0.4) is 0 Å². The second kappa shape index (κ2) is 9.30. The molecule has 0 rings (SSSR count). The number of hydrogen-bond donors (Lipinski definition) is 1. The molecule has 0 aromatic carbocycles. The zero-order valence-corrected chi connectivity index (χ0v) is 9.19. The molecule has 12 heavy (non-hydrogen) atoms. The van der Waals surface area contributed by atoms with Crippen LogP contribution in [0.4, 0.5) is 0 Å². The van der Waals surface area contributed by atoms with Crippen molar-refractivity contribution in [2.45, 2.75) is 39.2 Å². The minimum absolute atomic E-state index is 0. The summed E-state index contributed by atoms with van der Waals surface area (Å²) in [5.74, 6) is 0.684. The largest absolute Gasteiger partial charge is 0.381 e. The minimum Gasteiger partial charge on any atom is -0.381 e. The van der Waals surface area contributed by atoms with Gasteiger partial charge in [0.15, 0.2) is 0 Å². The molecular weight excluding hydrogens is 174 g/mol. The number of nitrogens with two attached hydrogens (primary N) is 1. The molecule has 0 aliphatic rings. The average Bonchev–Trinajstić information content (AvgIpc) is 2.05. The van der Waals surface area contributed by atoms with Crippen LogP contribution in [0.25, 0.3) is 0 Å². The third-order valence-electron chi connectivity index (χ3n) is 2.33. The molecule has 76 valence electrons. The fraction of sp³-hybridized carbons (Fsp3) is 1.00. The van der Waals surface area contributed by atoms with Crippen LogP contribution in [-0.2, 0) is 4.74 Å². The Morgan fingerprint density at radius 1 is 1.25 bits per heavy atom. The lowest BCUT2D eigenvalue weighted by atomic mass is 9.94. The molecule has 0 fully saturated rings. The number of methoxy groups -OCH3 is 1. The number of rotatable bonds is 6. The van der Waals surface area contributed by atoms with Crippen LogP contribution in [0.1, 0.15) is 33.1 Å². The number of ether oxygens (including phenoxy) is 1. The quantitative estimate of drug-likeness (QED) is 0.706. The predicted octanol–water partition coefficient (Wildman–Crippen LogP) is 2.21. The third-order valence-corrected chi connectivity index (χ3v) is 2.33.